The van der Waals surface area contributed by atoms with Crippen LogP contribution in [0.2, 0.25) is 0 Å². The van der Waals surface area contributed by atoms with E-state index in [1.165, 1.54) is 16.8 Å². The standard InChI is InChI=1S/C19H25N3/c1-7-20-19(18(13(2)3)21-14(4)5)22-11-10-16-12-15(6)8-9-17(16)22/h7-9,12H,2,10-11H2,1,3-6H3/b19-18-,20-7?. The number of rotatable bonds is 4. The third kappa shape index (κ3) is 3.35. The average molecular weight is 295 g/mol. The minimum atomic E-state index is 0.867. The summed E-state index contributed by atoms with van der Waals surface area (Å²) in [5, 5.41) is 0. The number of hydrogen-bond acceptors (Lipinski definition) is 3. The Morgan fingerprint density at radius 2 is 2.00 bits per heavy atom. The molecule has 2 rings (SSSR count). The Labute approximate surface area is 133 Å². The van der Waals surface area contributed by atoms with Crippen LogP contribution < -0.4 is 4.90 Å². The summed E-state index contributed by atoms with van der Waals surface area (Å²) in [6.07, 6.45) is 2.86. The van der Waals surface area contributed by atoms with Gasteiger partial charge in [0.05, 0.1) is 0 Å². The first-order chi connectivity index (χ1) is 10.4. The van der Waals surface area contributed by atoms with Crippen LogP contribution in [0.5, 0.6) is 0 Å². The van der Waals surface area contributed by atoms with Crippen molar-refractivity contribution >= 4 is 17.6 Å². The molecule has 3 heteroatoms. The van der Waals surface area contributed by atoms with Gasteiger partial charge in [-0.15, -0.1) is 0 Å². The molecule has 0 radical (unpaired) electrons. The van der Waals surface area contributed by atoms with Gasteiger partial charge in [0.15, 0.2) is 5.82 Å². The van der Waals surface area contributed by atoms with Gasteiger partial charge in [-0.2, -0.15) is 0 Å². The predicted molar refractivity (Wildman–Crippen MR) is 97.0 cm³/mol. The van der Waals surface area contributed by atoms with Crippen molar-refractivity contribution in [2.75, 3.05) is 11.4 Å². The molecule has 3 nitrogen and oxygen atoms in total. The highest BCUT2D eigenvalue weighted by Gasteiger charge is 2.24. The lowest BCUT2D eigenvalue weighted by molar-refractivity contribution is 0.914. The van der Waals surface area contributed by atoms with Crippen LogP contribution in [-0.4, -0.2) is 18.5 Å². The summed E-state index contributed by atoms with van der Waals surface area (Å²) in [5.74, 6) is 0.888. The Morgan fingerprint density at radius 1 is 1.27 bits per heavy atom. The largest absolute Gasteiger partial charge is 0.324 e. The molecule has 0 aromatic heterocycles. The number of anilines is 1. The highest BCUT2D eigenvalue weighted by atomic mass is 15.2. The molecule has 1 heterocycles. The van der Waals surface area contributed by atoms with Crippen molar-refractivity contribution in [1.82, 2.24) is 0 Å². The number of fused-ring (bicyclic) bond motifs is 1. The van der Waals surface area contributed by atoms with Crippen LogP contribution in [-0.2, 0) is 6.42 Å². The number of aryl methyl sites for hydroxylation is 1. The lowest BCUT2D eigenvalue weighted by Gasteiger charge is -2.22. The van der Waals surface area contributed by atoms with Gasteiger partial charge in [0.1, 0.15) is 5.70 Å². The maximum absolute atomic E-state index is 4.67. The summed E-state index contributed by atoms with van der Waals surface area (Å²) in [7, 11) is 0. The summed E-state index contributed by atoms with van der Waals surface area (Å²) in [4.78, 5) is 11.5. The Balaban J connectivity index is 2.60. The van der Waals surface area contributed by atoms with E-state index in [0.29, 0.717) is 0 Å². The zero-order chi connectivity index (χ0) is 16.3. The highest BCUT2D eigenvalue weighted by molar-refractivity contribution is 5.81. The van der Waals surface area contributed by atoms with Crippen LogP contribution in [0, 0.1) is 6.92 Å². The molecule has 116 valence electrons. The molecule has 0 saturated heterocycles. The topological polar surface area (TPSA) is 28.0 Å². The summed E-state index contributed by atoms with van der Waals surface area (Å²) in [5.41, 5.74) is 6.71. The van der Waals surface area contributed by atoms with Crippen molar-refractivity contribution in [1.29, 1.82) is 0 Å². The second kappa shape index (κ2) is 6.73. The Bertz CT molecular complexity index is 674. The second-order valence-electron chi connectivity index (χ2n) is 5.93. The van der Waals surface area contributed by atoms with Gasteiger partial charge in [0.25, 0.3) is 0 Å². The lowest BCUT2D eigenvalue weighted by Crippen LogP contribution is -2.20. The highest BCUT2D eigenvalue weighted by Crippen LogP contribution is 2.34. The number of aliphatic imine (C=N–C) groups is 2. The van der Waals surface area contributed by atoms with Crippen LogP contribution in [0.25, 0.3) is 0 Å². The van der Waals surface area contributed by atoms with Gasteiger partial charge < -0.3 is 4.90 Å². The Kier molecular flexibility index (Phi) is 4.96. The van der Waals surface area contributed by atoms with E-state index in [2.05, 4.69) is 46.6 Å². The fourth-order valence-electron chi connectivity index (χ4n) is 2.69. The van der Waals surface area contributed by atoms with Gasteiger partial charge in [-0.1, -0.05) is 24.3 Å². The van der Waals surface area contributed by atoms with Gasteiger partial charge in [0, 0.05) is 24.2 Å². The fourth-order valence-corrected chi connectivity index (χ4v) is 2.69. The number of benzene rings is 1. The minimum absolute atomic E-state index is 0.867. The quantitative estimate of drug-likeness (QED) is 0.586. The fraction of sp³-hybridized carbons (Fsp3) is 0.368. The smallest absolute Gasteiger partial charge is 0.158 e. The number of nitrogens with zero attached hydrogens (tertiary/aromatic N) is 3. The normalized spacial score (nSPS) is 14.9. The maximum Gasteiger partial charge on any atom is 0.158 e. The predicted octanol–water partition coefficient (Wildman–Crippen LogP) is 4.67. The van der Waals surface area contributed by atoms with Gasteiger partial charge in [-0.05, 0) is 58.2 Å². The molecule has 0 N–H and O–H groups in total. The molecule has 0 aliphatic carbocycles. The lowest BCUT2D eigenvalue weighted by atomic mass is 10.1. The van der Waals surface area contributed by atoms with E-state index in [1.54, 1.807) is 0 Å². The molecule has 0 unspecified atom stereocenters. The zero-order valence-corrected chi connectivity index (χ0v) is 14.3. The first kappa shape index (κ1) is 16.2. The van der Waals surface area contributed by atoms with Crippen molar-refractivity contribution in [2.24, 2.45) is 9.98 Å². The third-order valence-electron chi connectivity index (χ3n) is 3.59. The van der Waals surface area contributed by atoms with Crippen molar-refractivity contribution in [3.63, 3.8) is 0 Å². The Morgan fingerprint density at radius 3 is 2.59 bits per heavy atom. The summed E-state index contributed by atoms with van der Waals surface area (Å²) >= 11 is 0. The molecular formula is C19H25N3. The second-order valence-corrected chi connectivity index (χ2v) is 5.93. The van der Waals surface area contributed by atoms with Crippen molar-refractivity contribution < 1.29 is 0 Å². The molecule has 1 aromatic carbocycles. The van der Waals surface area contributed by atoms with Gasteiger partial charge in [-0.25, -0.2) is 4.99 Å². The molecule has 0 atom stereocenters. The van der Waals surface area contributed by atoms with Crippen LogP contribution in [0.15, 0.2) is 51.9 Å². The molecule has 0 amide bonds. The first-order valence-electron chi connectivity index (χ1n) is 7.71. The zero-order valence-electron chi connectivity index (χ0n) is 14.3. The molecule has 0 spiro atoms. The molecule has 1 aromatic rings. The maximum atomic E-state index is 4.67. The van der Waals surface area contributed by atoms with Crippen LogP contribution in [0.3, 0.4) is 0 Å². The average Bonchev–Trinajstić information content (AvgIpc) is 2.84. The summed E-state index contributed by atoms with van der Waals surface area (Å²) in [6, 6.07) is 6.60. The van der Waals surface area contributed by atoms with E-state index in [-0.39, 0.29) is 0 Å². The van der Waals surface area contributed by atoms with E-state index >= 15 is 0 Å². The van der Waals surface area contributed by atoms with E-state index in [4.69, 9.17) is 0 Å². The van der Waals surface area contributed by atoms with Gasteiger partial charge in [0.2, 0.25) is 0 Å². The molecule has 1 aliphatic rings. The molecule has 0 fully saturated rings. The van der Waals surface area contributed by atoms with Crippen LogP contribution in [0.4, 0.5) is 5.69 Å². The molecular weight excluding hydrogens is 270 g/mol. The van der Waals surface area contributed by atoms with Gasteiger partial charge >= 0.3 is 0 Å². The van der Waals surface area contributed by atoms with E-state index in [1.807, 2.05) is 33.9 Å². The first-order valence-corrected chi connectivity index (χ1v) is 7.71. The molecule has 22 heavy (non-hydrogen) atoms. The molecule has 1 aliphatic heterocycles. The summed E-state index contributed by atoms with van der Waals surface area (Å²) in [6.45, 7) is 15.1. The third-order valence-corrected chi connectivity index (χ3v) is 3.59. The minimum Gasteiger partial charge on any atom is -0.324 e. The van der Waals surface area contributed by atoms with Crippen molar-refractivity contribution in [3.8, 4) is 0 Å². The van der Waals surface area contributed by atoms with Crippen molar-refractivity contribution in [3.05, 3.63) is 53.0 Å². The van der Waals surface area contributed by atoms with E-state index in [0.717, 1.165) is 35.8 Å². The number of allylic oxidation sites excluding steroid dienone is 1. The Hall–Kier alpha value is -2.16. The van der Waals surface area contributed by atoms with Crippen LogP contribution in [0.1, 0.15) is 38.8 Å². The summed E-state index contributed by atoms with van der Waals surface area (Å²) < 4.78 is 0. The van der Waals surface area contributed by atoms with Gasteiger partial charge in [-0.3, -0.25) is 4.99 Å². The monoisotopic (exact) mass is 295 g/mol. The van der Waals surface area contributed by atoms with Crippen LogP contribution >= 0.6 is 0 Å². The van der Waals surface area contributed by atoms with E-state index < -0.39 is 0 Å². The van der Waals surface area contributed by atoms with E-state index in [9.17, 15) is 0 Å². The molecule has 0 bridgehead atoms. The van der Waals surface area contributed by atoms with Crippen molar-refractivity contribution in [2.45, 2.75) is 41.0 Å². The SMILES string of the molecule is C=C(C)/C(N=C(C)C)=C(\N=CC)N1CCc2cc(C)ccc21. The molecule has 0 saturated carbocycles. The number of hydrogen-bond donors (Lipinski definition) is 0.